The molecule has 2 atom stereocenters. The first-order chi connectivity index (χ1) is 20.9. The van der Waals surface area contributed by atoms with Gasteiger partial charge in [-0.3, -0.25) is 0 Å². The second kappa shape index (κ2) is 11.3. The van der Waals surface area contributed by atoms with Crippen molar-refractivity contribution in [3.63, 3.8) is 0 Å². The van der Waals surface area contributed by atoms with Gasteiger partial charge in [0.2, 0.25) is 0 Å². The second-order valence-corrected chi connectivity index (χ2v) is 15.4. The van der Waals surface area contributed by atoms with Crippen molar-refractivity contribution in [3.8, 4) is 6.07 Å². The molecular formula is C32H25BrF5N2O3P. The summed E-state index contributed by atoms with van der Waals surface area (Å²) in [6.45, 7) is -3.95. The van der Waals surface area contributed by atoms with Gasteiger partial charge in [0, 0.05) is 0 Å². The molecule has 12 heteroatoms. The van der Waals surface area contributed by atoms with Crippen molar-refractivity contribution in [2.24, 2.45) is 0 Å². The van der Waals surface area contributed by atoms with Gasteiger partial charge < -0.3 is 0 Å². The molecule has 1 aliphatic rings. The number of rotatable bonds is 8. The number of hydrogen-bond donors (Lipinski definition) is 1. The first-order valence-electron chi connectivity index (χ1n) is 13.4. The van der Waals surface area contributed by atoms with Gasteiger partial charge >= 0.3 is 259 Å². The molecule has 1 saturated heterocycles. The molecule has 0 unspecified atom stereocenters. The molecule has 5 nitrogen and oxygen atoms in total. The molecule has 5 rings (SSSR count). The van der Waals surface area contributed by atoms with Crippen molar-refractivity contribution in [2.75, 3.05) is 11.9 Å². The monoisotopic (exact) mass is 690 g/mol. The zero-order valence-electron chi connectivity index (χ0n) is 23.1. The van der Waals surface area contributed by atoms with E-state index in [9.17, 15) is 23.2 Å². The van der Waals surface area contributed by atoms with Gasteiger partial charge in [-0.25, -0.2) is 0 Å². The third-order valence-electron chi connectivity index (χ3n) is 7.77. The standard InChI is InChI=1S/C32H25BrF5N2O3P/c1-2-42-29(41)28-30(31(34,35)32(36,37)38,40-27-19-18-22(21-39)20-26(27)33)43-44(28,23-12-6-3-7-13-23,24-14-8-4-9-15-24)25-16-10-5-11-17-25/h3-20,28,40H,2H2,1H3/t28-,30+/m0/s1. The summed E-state index contributed by atoms with van der Waals surface area (Å²) in [6.07, 6.45) is -6.17. The van der Waals surface area contributed by atoms with Crippen LogP contribution in [0.15, 0.2) is 114 Å². The molecule has 0 bridgehead atoms. The second-order valence-electron chi connectivity index (χ2n) is 10.1. The molecule has 0 aliphatic carbocycles. The van der Waals surface area contributed by atoms with Gasteiger partial charge in [-0.1, -0.05) is 0 Å². The van der Waals surface area contributed by atoms with Crippen molar-refractivity contribution < 1.29 is 36.0 Å². The third-order valence-corrected chi connectivity index (χ3v) is 14.6. The van der Waals surface area contributed by atoms with Crippen LogP contribution < -0.4 is 21.2 Å². The summed E-state index contributed by atoms with van der Waals surface area (Å²) in [4.78, 5) is 14.3. The summed E-state index contributed by atoms with van der Waals surface area (Å²) in [7, 11) is 0. The van der Waals surface area contributed by atoms with Crippen LogP contribution in [-0.2, 0) is 14.1 Å². The Morgan fingerprint density at radius 3 is 1.77 bits per heavy atom. The summed E-state index contributed by atoms with van der Waals surface area (Å²) in [6, 6.07) is 29.6. The predicted molar refractivity (Wildman–Crippen MR) is 163 cm³/mol. The Morgan fingerprint density at radius 1 is 0.909 bits per heavy atom. The fraction of sp³-hybridized carbons (Fsp3) is 0.188. The first kappa shape index (κ1) is 31.6. The molecule has 1 heterocycles. The third kappa shape index (κ3) is 4.34. The number of ether oxygens (including phenoxy) is 1. The fourth-order valence-electron chi connectivity index (χ4n) is 6.01. The van der Waals surface area contributed by atoms with Crippen LogP contribution in [0.5, 0.6) is 0 Å². The molecule has 0 amide bonds. The van der Waals surface area contributed by atoms with Crippen molar-refractivity contribution in [1.29, 1.82) is 5.26 Å². The number of anilines is 1. The van der Waals surface area contributed by atoms with E-state index in [0.29, 0.717) is 0 Å². The molecule has 0 spiro atoms. The Hall–Kier alpha value is -3.84. The average molecular weight is 691 g/mol. The Morgan fingerprint density at radius 2 is 1.39 bits per heavy atom. The number of nitrogens with zero attached hydrogens (tertiary/aromatic N) is 1. The van der Waals surface area contributed by atoms with Crippen LogP contribution in [0.3, 0.4) is 0 Å². The summed E-state index contributed by atoms with van der Waals surface area (Å²) < 4.78 is 88.4. The summed E-state index contributed by atoms with van der Waals surface area (Å²) in [5.74, 6) is -6.95. The van der Waals surface area contributed by atoms with Crippen LogP contribution in [0, 0.1) is 11.3 Å². The fourth-order valence-corrected chi connectivity index (χ4v) is 13.1. The van der Waals surface area contributed by atoms with E-state index in [4.69, 9.17) is 9.26 Å². The van der Waals surface area contributed by atoms with E-state index in [1.54, 1.807) is 91.0 Å². The Labute approximate surface area is 258 Å². The van der Waals surface area contributed by atoms with Crippen molar-refractivity contribution in [2.45, 2.75) is 30.4 Å². The Kier molecular flexibility index (Phi) is 8.08. The SMILES string of the molecule is CCOC(=O)[C@H]1[C@](Nc2ccc(C#N)cc2Br)(C(F)(F)C(F)(F)F)OP1(c1ccccc1)(c1ccccc1)c1ccccc1. The Balaban J connectivity index is 1.97. The average Bonchev–Trinajstić information content (AvgIpc) is 3.00. The molecule has 1 N–H and O–H groups in total. The maximum atomic E-state index is 16.3. The number of esters is 1. The summed E-state index contributed by atoms with van der Waals surface area (Å²) in [5, 5.41) is 12.4. The van der Waals surface area contributed by atoms with Gasteiger partial charge in [0.05, 0.1) is 0 Å². The van der Waals surface area contributed by atoms with Crippen LogP contribution in [0.25, 0.3) is 0 Å². The van der Waals surface area contributed by atoms with Crippen LogP contribution >= 0.6 is 22.8 Å². The molecule has 4 aromatic rings. The van der Waals surface area contributed by atoms with E-state index in [-0.39, 0.29) is 38.2 Å². The number of benzene rings is 4. The molecule has 1 fully saturated rings. The zero-order valence-corrected chi connectivity index (χ0v) is 25.5. The van der Waals surface area contributed by atoms with E-state index in [2.05, 4.69) is 21.2 Å². The minimum atomic E-state index is -6.17. The van der Waals surface area contributed by atoms with Crippen molar-refractivity contribution >= 4 is 50.3 Å². The molecule has 44 heavy (non-hydrogen) atoms. The minimum absolute atomic E-state index is 0.00598. The number of halogens is 6. The van der Waals surface area contributed by atoms with Gasteiger partial charge in [-0.05, 0) is 0 Å². The number of carbonyl (C=O) groups is 1. The number of nitriles is 1. The van der Waals surface area contributed by atoms with Gasteiger partial charge in [0.15, 0.2) is 0 Å². The molecule has 228 valence electrons. The van der Waals surface area contributed by atoms with E-state index in [1.807, 2.05) is 6.07 Å². The quantitative estimate of drug-likeness (QED) is 0.122. The first-order valence-corrected chi connectivity index (χ1v) is 16.4. The van der Waals surface area contributed by atoms with E-state index < -0.39 is 36.3 Å². The van der Waals surface area contributed by atoms with E-state index in [1.165, 1.54) is 25.1 Å². The van der Waals surface area contributed by atoms with Gasteiger partial charge in [-0.15, -0.1) is 0 Å². The maximum absolute atomic E-state index is 16.3. The number of nitrogens with one attached hydrogen (secondary N) is 1. The molecular weight excluding hydrogens is 666 g/mol. The van der Waals surface area contributed by atoms with E-state index >= 15 is 8.78 Å². The summed E-state index contributed by atoms with van der Waals surface area (Å²) in [5.41, 5.74) is -6.09. The topological polar surface area (TPSA) is 71.3 Å². The molecule has 0 aromatic heterocycles. The number of carbonyl (C=O) groups excluding carboxylic acids is 1. The molecule has 0 radical (unpaired) electrons. The van der Waals surface area contributed by atoms with Gasteiger partial charge in [0.1, 0.15) is 0 Å². The van der Waals surface area contributed by atoms with Crippen molar-refractivity contribution in [3.05, 3.63) is 119 Å². The Bertz CT molecular complexity index is 1620. The zero-order chi connectivity index (χ0) is 31.8. The molecule has 0 saturated carbocycles. The van der Waals surface area contributed by atoms with Crippen molar-refractivity contribution in [1.82, 2.24) is 0 Å². The van der Waals surface area contributed by atoms with Gasteiger partial charge in [-0.2, -0.15) is 0 Å². The molecule has 1 aliphatic heterocycles. The van der Waals surface area contributed by atoms with E-state index in [0.717, 1.165) is 0 Å². The predicted octanol–water partition coefficient (Wildman–Crippen LogP) is 7.03. The summed E-state index contributed by atoms with van der Waals surface area (Å²) >= 11 is 3.17. The molecule has 4 aromatic carbocycles. The number of hydrogen-bond acceptors (Lipinski definition) is 5. The number of alkyl halides is 5. The van der Waals surface area contributed by atoms with Crippen LogP contribution in [0.1, 0.15) is 12.5 Å². The van der Waals surface area contributed by atoms with Crippen LogP contribution in [0.4, 0.5) is 27.6 Å². The normalized spacial score (nSPS) is 21.5. The van der Waals surface area contributed by atoms with Crippen LogP contribution in [0.2, 0.25) is 0 Å². The van der Waals surface area contributed by atoms with Gasteiger partial charge in [0.25, 0.3) is 0 Å². The van der Waals surface area contributed by atoms with Crippen LogP contribution in [-0.4, -0.2) is 36.1 Å².